The lowest BCUT2D eigenvalue weighted by molar-refractivity contribution is -0.119. The zero-order valence-corrected chi connectivity index (χ0v) is 20.7. The number of aromatic amines is 1. The number of hydrogen-bond donors (Lipinski definition) is 2. The van der Waals surface area contributed by atoms with Gasteiger partial charge in [-0.15, -0.1) is 5.10 Å². The number of aromatic nitrogens is 3. The van der Waals surface area contributed by atoms with Crippen molar-refractivity contribution in [2.24, 2.45) is 0 Å². The molecule has 35 heavy (non-hydrogen) atoms. The number of H-pyrrole nitrogens is 1. The van der Waals surface area contributed by atoms with Crippen LogP contribution < -0.4 is 5.32 Å². The molecule has 2 fully saturated rings. The van der Waals surface area contributed by atoms with Gasteiger partial charge in [0.15, 0.2) is 0 Å². The lowest BCUT2D eigenvalue weighted by Crippen LogP contribution is -2.45. The fraction of sp³-hybridized carbons (Fsp3) is 0.444. The Morgan fingerprint density at radius 1 is 0.886 bits per heavy atom. The van der Waals surface area contributed by atoms with E-state index in [1.54, 1.807) is 0 Å². The van der Waals surface area contributed by atoms with Crippen LogP contribution in [-0.2, 0) is 25.1 Å². The molecule has 1 aromatic heterocycles. The smallest absolute Gasteiger partial charge is 0.230 e. The lowest BCUT2D eigenvalue weighted by Gasteiger charge is -2.38. The van der Waals surface area contributed by atoms with E-state index in [4.69, 9.17) is 14.5 Å². The summed E-state index contributed by atoms with van der Waals surface area (Å²) < 4.78 is 11.2. The summed E-state index contributed by atoms with van der Waals surface area (Å²) in [6, 6.07) is 20.9. The van der Waals surface area contributed by atoms with E-state index in [9.17, 15) is 4.79 Å². The summed E-state index contributed by atoms with van der Waals surface area (Å²) in [7, 11) is 0. The molecule has 0 bridgehead atoms. The first kappa shape index (κ1) is 24.0. The van der Waals surface area contributed by atoms with Crippen LogP contribution in [0.25, 0.3) is 0 Å². The summed E-state index contributed by atoms with van der Waals surface area (Å²) in [6.45, 7) is 3.42. The van der Waals surface area contributed by atoms with E-state index < -0.39 is 0 Å². The molecule has 2 saturated heterocycles. The van der Waals surface area contributed by atoms with Crippen molar-refractivity contribution in [1.29, 1.82) is 0 Å². The van der Waals surface area contributed by atoms with Gasteiger partial charge in [-0.05, 0) is 36.8 Å². The summed E-state index contributed by atoms with van der Waals surface area (Å²) in [5.41, 5.74) is 2.16. The second-order valence-corrected chi connectivity index (χ2v) is 10.3. The third kappa shape index (κ3) is 5.29. The van der Waals surface area contributed by atoms with Gasteiger partial charge in [0, 0.05) is 38.4 Å². The largest absolute Gasteiger partial charge is 0.381 e. The minimum absolute atomic E-state index is 0.00742. The molecule has 2 N–H and O–H groups in total. The number of thioether (sulfide) groups is 1. The maximum atomic E-state index is 12.8. The third-order valence-corrected chi connectivity index (χ3v) is 8.23. The molecule has 5 rings (SSSR count). The Balaban J connectivity index is 1.22. The summed E-state index contributed by atoms with van der Waals surface area (Å²) >= 11 is 1.37. The van der Waals surface area contributed by atoms with Crippen molar-refractivity contribution >= 4 is 17.7 Å². The van der Waals surface area contributed by atoms with Gasteiger partial charge in [-0.2, -0.15) is 0 Å². The van der Waals surface area contributed by atoms with Gasteiger partial charge in [0.2, 0.25) is 11.1 Å². The maximum absolute atomic E-state index is 12.8. The molecule has 0 saturated carbocycles. The number of carbonyl (C=O) groups excluding carboxylic acids is 1. The van der Waals surface area contributed by atoms with E-state index in [0.717, 1.165) is 31.5 Å². The predicted molar refractivity (Wildman–Crippen MR) is 136 cm³/mol. The molecule has 0 aliphatic carbocycles. The lowest BCUT2D eigenvalue weighted by atomic mass is 9.73. The highest BCUT2D eigenvalue weighted by Gasteiger charge is 2.39. The first-order chi connectivity index (χ1) is 17.2. The van der Waals surface area contributed by atoms with Crippen molar-refractivity contribution in [1.82, 2.24) is 20.5 Å². The Morgan fingerprint density at radius 3 is 2.14 bits per heavy atom. The Bertz CT molecular complexity index is 1090. The number of nitrogens with one attached hydrogen (secondary N) is 2. The molecule has 3 aromatic rings. The average Bonchev–Trinajstić information content (AvgIpc) is 3.42. The molecular formula is C27H32N4O3S. The Labute approximate surface area is 210 Å². The zero-order chi connectivity index (χ0) is 24.0. The predicted octanol–water partition coefficient (Wildman–Crippen LogP) is 3.86. The van der Waals surface area contributed by atoms with Crippen LogP contribution in [0.5, 0.6) is 0 Å². The summed E-state index contributed by atoms with van der Waals surface area (Å²) in [6.07, 6.45) is 3.50. The first-order valence-electron chi connectivity index (χ1n) is 12.3. The van der Waals surface area contributed by atoms with Crippen molar-refractivity contribution in [2.45, 2.75) is 41.7 Å². The van der Waals surface area contributed by atoms with Gasteiger partial charge < -0.3 is 14.8 Å². The summed E-state index contributed by atoms with van der Waals surface area (Å²) in [5.74, 6) is 1.12. The quantitative estimate of drug-likeness (QED) is 0.464. The zero-order valence-electron chi connectivity index (χ0n) is 19.9. The molecule has 7 nitrogen and oxygen atoms in total. The van der Waals surface area contributed by atoms with Crippen LogP contribution in [0.3, 0.4) is 0 Å². The SMILES string of the molecule is O=C(CSc1n[nH]c(C2(c3ccccc3)CCOCC2)n1)NCC1(c2ccccc2)CCOCC1. The molecule has 2 aliphatic rings. The molecule has 184 valence electrons. The van der Waals surface area contributed by atoms with Crippen LogP contribution in [0, 0.1) is 0 Å². The fourth-order valence-electron chi connectivity index (χ4n) is 5.23. The summed E-state index contributed by atoms with van der Waals surface area (Å²) in [5, 5.41) is 11.4. The molecule has 0 atom stereocenters. The standard InChI is InChI=1S/C27H32N4O3S/c32-23(28-20-26(11-15-33-16-12-26)21-7-3-1-4-8-21)19-35-25-29-24(30-31-25)27(13-17-34-18-14-27)22-9-5-2-6-10-22/h1-10H,11-20H2,(H,28,32)(H,29,30,31). The molecular weight excluding hydrogens is 460 g/mol. The Morgan fingerprint density at radius 2 is 1.49 bits per heavy atom. The summed E-state index contributed by atoms with van der Waals surface area (Å²) in [4.78, 5) is 17.6. The second kappa shape index (κ2) is 10.9. The van der Waals surface area contributed by atoms with Crippen molar-refractivity contribution in [3.05, 3.63) is 77.6 Å². The van der Waals surface area contributed by atoms with Gasteiger partial charge in [0.1, 0.15) is 5.82 Å². The highest BCUT2D eigenvalue weighted by atomic mass is 32.2. The molecule has 2 aliphatic heterocycles. The third-order valence-electron chi connectivity index (χ3n) is 7.38. The molecule has 2 aromatic carbocycles. The van der Waals surface area contributed by atoms with E-state index in [1.165, 1.54) is 22.9 Å². The van der Waals surface area contributed by atoms with Gasteiger partial charge in [0.05, 0.1) is 11.2 Å². The van der Waals surface area contributed by atoms with E-state index in [0.29, 0.717) is 38.1 Å². The molecule has 1 amide bonds. The van der Waals surface area contributed by atoms with E-state index in [2.05, 4.69) is 64.0 Å². The van der Waals surface area contributed by atoms with E-state index >= 15 is 0 Å². The van der Waals surface area contributed by atoms with Gasteiger partial charge in [-0.25, -0.2) is 4.98 Å². The van der Waals surface area contributed by atoms with Gasteiger partial charge in [0.25, 0.3) is 0 Å². The fourth-order valence-corrected chi connectivity index (χ4v) is 5.86. The minimum atomic E-state index is -0.237. The van der Waals surface area contributed by atoms with E-state index in [1.807, 2.05) is 12.1 Å². The number of nitrogens with zero attached hydrogens (tertiary/aromatic N) is 2. The van der Waals surface area contributed by atoms with Crippen molar-refractivity contribution in [3.63, 3.8) is 0 Å². The van der Waals surface area contributed by atoms with Gasteiger partial charge in [-0.3, -0.25) is 9.89 Å². The number of carbonyl (C=O) groups is 1. The maximum Gasteiger partial charge on any atom is 0.230 e. The van der Waals surface area contributed by atoms with E-state index in [-0.39, 0.29) is 22.5 Å². The Hall–Kier alpha value is -2.68. The van der Waals surface area contributed by atoms with Crippen LogP contribution in [0.1, 0.15) is 42.6 Å². The van der Waals surface area contributed by atoms with Crippen LogP contribution in [0.15, 0.2) is 65.8 Å². The average molecular weight is 493 g/mol. The first-order valence-corrected chi connectivity index (χ1v) is 13.3. The number of ether oxygens (including phenoxy) is 2. The van der Waals surface area contributed by atoms with Crippen LogP contribution in [0.4, 0.5) is 0 Å². The highest BCUT2D eigenvalue weighted by Crippen LogP contribution is 2.40. The van der Waals surface area contributed by atoms with Gasteiger partial charge in [-0.1, -0.05) is 72.4 Å². The molecule has 0 spiro atoms. The monoisotopic (exact) mass is 492 g/mol. The van der Waals surface area contributed by atoms with Crippen molar-refractivity contribution in [3.8, 4) is 0 Å². The van der Waals surface area contributed by atoms with Gasteiger partial charge >= 0.3 is 0 Å². The number of amides is 1. The topological polar surface area (TPSA) is 89.1 Å². The minimum Gasteiger partial charge on any atom is -0.381 e. The molecule has 8 heteroatoms. The number of rotatable bonds is 8. The van der Waals surface area contributed by atoms with Crippen LogP contribution in [0.2, 0.25) is 0 Å². The number of benzene rings is 2. The molecule has 0 radical (unpaired) electrons. The van der Waals surface area contributed by atoms with Crippen LogP contribution >= 0.6 is 11.8 Å². The Kier molecular flexibility index (Phi) is 7.51. The number of hydrogen-bond acceptors (Lipinski definition) is 6. The van der Waals surface area contributed by atoms with Crippen molar-refractivity contribution < 1.29 is 14.3 Å². The highest BCUT2D eigenvalue weighted by molar-refractivity contribution is 7.99. The second-order valence-electron chi connectivity index (χ2n) is 9.35. The normalized spacial score (nSPS) is 19.2. The van der Waals surface area contributed by atoms with Crippen molar-refractivity contribution in [2.75, 3.05) is 38.7 Å². The molecule has 0 unspecified atom stereocenters. The molecule has 3 heterocycles. The van der Waals surface area contributed by atoms with Crippen LogP contribution in [-0.4, -0.2) is 59.8 Å².